The molecular formula is C17H20N2O2. The van der Waals surface area contributed by atoms with Gasteiger partial charge in [0.25, 0.3) is 0 Å². The molecule has 2 amide bonds. The van der Waals surface area contributed by atoms with Gasteiger partial charge in [0, 0.05) is 11.4 Å². The Morgan fingerprint density at radius 1 is 1.10 bits per heavy atom. The minimum absolute atomic E-state index is 0.301. The fourth-order valence-corrected chi connectivity index (χ4v) is 2.11. The number of nitrogens with one attached hydrogen (secondary N) is 2. The van der Waals surface area contributed by atoms with Crippen molar-refractivity contribution in [1.29, 1.82) is 0 Å². The Hall–Kier alpha value is -2.33. The highest BCUT2D eigenvalue weighted by molar-refractivity contribution is 6.00. The number of urea groups is 1. The second kappa shape index (κ2) is 6.41. The molecule has 4 heteroatoms. The maximum Gasteiger partial charge on any atom is 0.323 e. The molecule has 3 N–H and O–H groups in total. The third-order valence-electron chi connectivity index (χ3n) is 3.26. The van der Waals surface area contributed by atoms with Crippen molar-refractivity contribution >= 4 is 17.4 Å². The maximum absolute atomic E-state index is 12.0. The number of carbonyl (C=O) groups excluding carboxylic acids is 1. The smallest absolute Gasteiger partial charge is 0.323 e. The molecule has 2 aromatic rings. The average molecular weight is 284 g/mol. The molecule has 1 atom stereocenters. The van der Waals surface area contributed by atoms with Crippen LogP contribution in [0.2, 0.25) is 0 Å². The summed E-state index contributed by atoms with van der Waals surface area (Å²) in [4.78, 5) is 12.0. The molecule has 0 aromatic heterocycles. The van der Waals surface area contributed by atoms with Crippen LogP contribution in [0.4, 0.5) is 16.2 Å². The van der Waals surface area contributed by atoms with E-state index in [1.165, 1.54) is 0 Å². The van der Waals surface area contributed by atoms with E-state index in [-0.39, 0.29) is 6.03 Å². The molecule has 1 unspecified atom stereocenters. The summed E-state index contributed by atoms with van der Waals surface area (Å²) < 4.78 is 0. The van der Waals surface area contributed by atoms with Gasteiger partial charge >= 0.3 is 6.03 Å². The van der Waals surface area contributed by atoms with Gasteiger partial charge in [-0.3, -0.25) is 0 Å². The SMILES string of the molecule is Cc1ccc(NC(=O)Nc2cccc(C(C)O)c2)c(C)c1. The van der Waals surface area contributed by atoms with Crippen LogP contribution in [0, 0.1) is 13.8 Å². The van der Waals surface area contributed by atoms with Crippen LogP contribution in [0.3, 0.4) is 0 Å². The number of aryl methyl sites for hydroxylation is 2. The van der Waals surface area contributed by atoms with E-state index in [0.29, 0.717) is 5.69 Å². The Labute approximate surface area is 124 Å². The lowest BCUT2D eigenvalue weighted by Crippen LogP contribution is -2.20. The zero-order valence-electron chi connectivity index (χ0n) is 12.5. The third-order valence-corrected chi connectivity index (χ3v) is 3.26. The van der Waals surface area contributed by atoms with E-state index in [2.05, 4.69) is 10.6 Å². The van der Waals surface area contributed by atoms with Crippen LogP contribution < -0.4 is 10.6 Å². The lowest BCUT2D eigenvalue weighted by Gasteiger charge is -2.12. The Kier molecular flexibility index (Phi) is 4.60. The summed E-state index contributed by atoms with van der Waals surface area (Å²) in [5, 5.41) is 15.1. The second-order valence-corrected chi connectivity index (χ2v) is 5.20. The van der Waals surface area contributed by atoms with Crippen LogP contribution in [0.1, 0.15) is 29.7 Å². The minimum Gasteiger partial charge on any atom is -0.389 e. The van der Waals surface area contributed by atoms with E-state index in [1.54, 1.807) is 25.1 Å². The summed E-state index contributed by atoms with van der Waals surface area (Å²) in [5.41, 5.74) is 4.37. The molecule has 21 heavy (non-hydrogen) atoms. The van der Waals surface area contributed by atoms with Crippen LogP contribution in [0.15, 0.2) is 42.5 Å². The van der Waals surface area contributed by atoms with Crippen molar-refractivity contribution in [3.63, 3.8) is 0 Å². The quantitative estimate of drug-likeness (QED) is 0.797. The monoisotopic (exact) mass is 284 g/mol. The van der Waals surface area contributed by atoms with Gasteiger partial charge in [0.05, 0.1) is 6.10 Å². The minimum atomic E-state index is -0.561. The Bertz CT molecular complexity index is 651. The fraction of sp³-hybridized carbons (Fsp3) is 0.235. The maximum atomic E-state index is 12.0. The number of anilines is 2. The standard InChI is InChI=1S/C17H20N2O2/c1-11-7-8-16(12(2)9-11)19-17(21)18-15-6-4-5-14(10-15)13(3)20/h4-10,13,20H,1-3H3,(H2,18,19,21). The van der Waals surface area contributed by atoms with Gasteiger partial charge in [-0.1, -0.05) is 29.8 Å². The highest BCUT2D eigenvalue weighted by Gasteiger charge is 2.07. The van der Waals surface area contributed by atoms with E-state index < -0.39 is 6.10 Å². The van der Waals surface area contributed by atoms with Crippen molar-refractivity contribution in [2.45, 2.75) is 26.9 Å². The van der Waals surface area contributed by atoms with Gasteiger partial charge in [-0.2, -0.15) is 0 Å². The van der Waals surface area contributed by atoms with Crippen molar-refractivity contribution in [3.8, 4) is 0 Å². The number of hydrogen-bond acceptors (Lipinski definition) is 2. The predicted molar refractivity (Wildman–Crippen MR) is 85.6 cm³/mol. The molecule has 0 bridgehead atoms. The number of hydrogen-bond donors (Lipinski definition) is 3. The molecule has 0 spiro atoms. The molecule has 0 saturated heterocycles. The molecule has 2 rings (SSSR count). The van der Waals surface area contributed by atoms with Crippen molar-refractivity contribution in [2.75, 3.05) is 10.6 Å². The first kappa shape index (κ1) is 15.1. The third kappa shape index (κ3) is 4.07. The molecule has 0 radical (unpaired) electrons. The molecule has 0 aliphatic heterocycles. The Balaban J connectivity index is 2.06. The van der Waals surface area contributed by atoms with Gasteiger partial charge in [-0.05, 0) is 50.1 Å². The number of aliphatic hydroxyl groups is 1. The number of rotatable bonds is 3. The van der Waals surface area contributed by atoms with Gasteiger partial charge in [0.1, 0.15) is 0 Å². The van der Waals surface area contributed by atoms with E-state index in [4.69, 9.17) is 0 Å². The molecular weight excluding hydrogens is 264 g/mol. The van der Waals surface area contributed by atoms with E-state index in [1.807, 2.05) is 38.1 Å². The van der Waals surface area contributed by atoms with Crippen LogP contribution in [-0.2, 0) is 0 Å². The van der Waals surface area contributed by atoms with Gasteiger partial charge in [0.2, 0.25) is 0 Å². The number of benzene rings is 2. The number of aliphatic hydroxyl groups excluding tert-OH is 1. The fourth-order valence-electron chi connectivity index (χ4n) is 2.11. The predicted octanol–water partition coefficient (Wildman–Crippen LogP) is 4.00. The summed E-state index contributed by atoms with van der Waals surface area (Å²) in [7, 11) is 0. The molecule has 110 valence electrons. The van der Waals surface area contributed by atoms with E-state index in [0.717, 1.165) is 22.4 Å². The average Bonchev–Trinajstić information content (AvgIpc) is 2.42. The Morgan fingerprint density at radius 2 is 1.86 bits per heavy atom. The zero-order chi connectivity index (χ0) is 15.4. The molecule has 0 aliphatic carbocycles. The lowest BCUT2D eigenvalue weighted by atomic mass is 10.1. The van der Waals surface area contributed by atoms with Gasteiger partial charge < -0.3 is 15.7 Å². The Morgan fingerprint density at radius 3 is 2.52 bits per heavy atom. The zero-order valence-corrected chi connectivity index (χ0v) is 12.5. The van der Waals surface area contributed by atoms with Crippen molar-refractivity contribution in [1.82, 2.24) is 0 Å². The molecule has 4 nitrogen and oxygen atoms in total. The molecule has 0 fully saturated rings. The molecule has 0 heterocycles. The van der Waals surface area contributed by atoms with Crippen LogP contribution >= 0.6 is 0 Å². The summed E-state index contributed by atoms with van der Waals surface area (Å²) in [6, 6.07) is 12.7. The van der Waals surface area contributed by atoms with Crippen molar-refractivity contribution in [2.24, 2.45) is 0 Å². The van der Waals surface area contributed by atoms with Crippen LogP contribution in [-0.4, -0.2) is 11.1 Å². The van der Waals surface area contributed by atoms with Crippen molar-refractivity contribution < 1.29 is 9.90 Å². The first-order chi connectivity index (χ1) is 9.95. The number of carbonyl (C=O) groups is 1. The van der Waals surface area contributed by atoms with Gasteiger partial charge in [-0.25, -0.2) is 4.79 Å². The number of amides is 2. The van der Waals surface area contributed by atoms with E-state index in [9.17, 15) is 9.90 Å². The van der Waals surface area contributed by atoms with Crippen LogP contribution in [0.25, 0.3) is 0 Å². The summed E-state index contributed by atoms with van der Waals surface area (Å²) in [6.07, 6.45) is -0.561. The highest BCUT2D eigenvalue weighted by Crippen LogP contribution is 2.19. The first-order valence-electron chi connectivity index (χ1n) is 6.89. The molecule has 0 aliphatic rings. The first-order valence-corrected chi connectivity index (χ1v) is 6.89. The van der Waals surface area contributed by atoms with E-state index >= 15 is 0 Å². The summed E-state index contributed by atoms with van der Waals surface area (Å²) >= 11 is 0. The summed E-state index contributed by atoms with van der Waals surface area (Å²) in [5.74, 6) is 0. The molecule has 2 aromatic carbocycles. The van der Waals surface area contributed by atoms with Crippen molar-refractivity contribution in [3.05, 3.63) is 59.2 Å². The lowest BCUT2D eigenvalue weighted by molar-refractivity contribution is 0.199. The van der Waals surface area contributed by atoms with Gasteiger partial charge in [0.15, 0.2) is 0 Å². The second-order valence-electron chi connectivity index (χ2n) is 5.20. The topological polar surface area (TPSA) is 61.4 Å². The van der Waals surface area contributed by atoms with Gasteiger partial charge in [-0.15, -0.1) is 0 Å². The normalized spacial score (nSPS) is 11.8. The largest absolute Gasteiger partial charge is 0.389 e. The highest BCUT2D eigenvalue weighted by atomic mass is 16.3. The summed E-state index contributed by atoms with van der Waals surface area (Å²) in [6.45, 7) is 5.66. The van der Waals surface area contributed by atoms with Crippen LogP contribution in [0.5, 0.6) is 0 Å². The molecule has 0 saturated carbocycles.